The van der Waals surface area contributed by atoms with Crippen LogP contribution in [0.1, 0.15) is 29.4 Å². The molecule has 0 aromatic carbocycles. The molecule has 0 saturated carbocycles. The molecule has 1 aromatic heterocycles. The molecule has 1 saturated heterocycles. The molecule has 1 aliphatic rings. The second kappa shape index (κ2) is 6.81. The van der Waals surface area contributed by atoms with Crippen LogP contribution in [0.2, 0.25) is 0 Å². The molecule has 7 heteroatoms. The Bertz CT molecular complexity index is 481. The van der Waals surface area contributed by atoms with E-state index >= 15 is 0 Å². The molecule has 0 spiro atoms. The minimum Gasteiger partial charge on any atom is -0.338 e. The second-order valence-electron chi connectivity index (χ2n) is 4.94. The van der Waals surface area contributed by atoms with Gasteiger partial charge in [-0.05, 0) is 37.9 Å². The zero-order valence-electron chi connectivity index (χ0n) is 11.5. The Morgan fingerprint density at radius 1 is 1.50 bits per heavy atom. The first kappa shape index (κ1) is 14.9. The monoisotopic (exact) mass is 297 g/mol. The number of piperidine rings is 1. The van der Waals surface area contributed by atoms with Crippen molar-refractivity contribution in [3.05, 3.63) is 27.1 Å². The summed E-state index contributed by atoms with van der Waals surface area (Å²) in [6.45, 7) is 5.53. The van der Waals surface area contributed by atoms with Crippen molar-refractivity contribution in [3.63, 3.8) is 0 Å². The third-order valence-corrected chi connectivity index (χ3v) is 4.59. The van der Waals surface area contributed by atoms with Gasteiger partial charge in [-0.25, -0.2) is 0 Å². The molecule has 1 N–H and O–H groups in total. The first-order valence-electron chi connectivity index (χ1n) is 6.86. The van der Waals surface area contributed by atoms with Crippen LogP contribution in [0.4, 0.5) is 5.00 Å². The average Bonchev–Trinajstić information content (AvgIpc) is 2.95. The van der Waals surface area contributed by atoms with Crippen LogP contribution in [-0.4, -0.2) is 41.9 Å². The van der Waals surface area contributed by atoms with Crippen LogP contribution in [0, 0.1) is 16.0 Å². The van der Waals surface area contributed by atoms with E-state index in [1.54, 1.807) is 11.0 Å². The molecule has 2 rings (SSSR count). The third kappa shape index (κ3) is 3.55. The van der Waals surface area contributed by atoms with E-state index in [0.717, 1.165) is 50.4 Å². The number of carbonyl (C=O) groups excluding carboxylic acids is 1. The van der Waals surface area contributed by atoms with Crippen LogP contribution in [-0.2, 0) is 0 Å². The predicted molar refractivity (Wildman–Crippen MR) is 78.1 cm³/mol. The van der Waals surface area contributed by atoms with Gasteiger partial charge in [0.25, 0.3) is 5.91 Å². The zero-order valence-corrected chi connectivity index (χ0v) is 12.3. The Hall–Kier alpha value is -1.47. The van der Waals surface area contributed by atoms with Crippen LogP contribution in [0.3, 0.4) is 0 Å². The molecule has 6 nitrogen and oxygen atoms in total. The number of hydrogen-bond acceptors (Lipinski definition) is 5. The number of likely N-dealkylation sites (tertiary alicyclic amines) is 1. The van der Waals surface area contributed by atoms with E-state index in [-0.39, 0.29) is 10.9 Å². The van der Waals surface area contributed by atoms with E-state index in [4.69, 9.17) is 0 Å². The van der Waals surface area contributed by atoms with Gasteiger partial charge < -0.3 is 10.2 Å². The summed E-state index contributed by atoms with van der Waals surface area (Å²) in [6.07, 6.45) is 1.98. The maximum absolute atomic E-state index is 12.3. The Labute approximate surface area is 121 Å². The molecule has 0 radical (unpaired) electrons. The first-order chi connectivity index (χ1) is 9.61. The molecule has 0 bridgehead atoms. The molecule has 1 fully saturated rings. The smallest absolute Gasteiger partial charge is 0.324 e. The number of hydrogen-bond donors (Lipinski definition) is 1. The molecule has 2 heterocycles. The number of nitrogens with one attached hydrogen (secondary N) is 1. The Balaban J connectivity index is 1.89. The summed E-state index contributed by atoms with van der Waals surface area (Å²) in [4.78, 5) is 24.7. The largest absolute Gasteiger partial charge is 0.338 e. The quantitative estimate of drug-likeness (QED) is 0.667. The van der Waals surface area contributed by atoms with Crippen molar-refractivity contribution in [1.29, 1.82) is 0 Å². The first-order valence-corrected chi connectivity index (χ1v) is 7.67. The van der Waals surface area contributed by atoms with Gasteiger partial charge in [0.05, 0.1) is 9.80 Å². The number of nitro groups is 1. The van der Waals surface area contributed by atoms with Crippen molar-refractivity contribution >= 4 is 22.2 Å². The summed E-state index contributed by atoms with van der Waals surface area (Å²) in [7, 11) is 0. The number of carbonyl (C=O) groups is 1. The zero-order chi connectivity index (χ0) is 14.5. The standard InChI is InChI=1S/C13H19N3O3S/c1-2-14-9-10-5-7-15(8-6-10)13(17)11-3-4-12(20-11)16(18)19/h3-4,10,14H,2,5-9H2,1H3. The topological polar surface area (TPSA) is 75.5 Å². The normalized spacial score (nSPS) is 16.4. The fourth-order valence-corrected chi connectivity index (χ4v) is 3.17. The Morgan fingerprint density at radius 2 is 2.20 bits per heavy atom. The summed E-state index contributed by atoms with van der Waals surface area (Å²) in [5.41, 5.74) is 0. The van der Waals surface area contributed by atoms with E-state index in [1.165, 1.54) is 6.07 Å². The van der Waals surface area contributed by atoms with Crippen molar-refractivity contribution < 1.29 is 9.72 Å². The summed E-state index contributed by atoms with van der Waals surface area (Å²) in [5, 5.41) is 14.0. The van der Waals surface area contributed by atoms with Gasteiger partial charge in [0.2, 0.25) is 0 Å². The minimum absolute atomic E-state index is 0.0235. The molecular formula is C13H19N3O3S. The number of amides is 1. The Kier molecular flexibility index (Phi) is 5.08. The molecule has 0 aliphatic carbocycles. The van der Waals surface area contributed by atoms with Gasteiger partial charge in [0, 0.05) is 19.2 Å². The molecular weight excluding hydrogens is 278 g/mol. The third-order valence-electron chi connectivity index (χ3n) is 3.57. The van der Waals surface area contributed by atoms with Crippen molar-refractivity contribution in [2.75, 3.05) is 26.2 Å². The van der Waals surface area contributed by atoms with E-state index < -0.39 is 4.92 Å². The molecule has 0 atom stereocenters. The average molecular weight is 297 g/mol. The van der Waals surface area contributed by atoms with Gasteiger partial charge in [0.1, 0.15) is 0 Å². The summed E-state index contributed by atoms with van der Waals surface area (Å²) >= 11 is 0.955. The summed E-state index contributed by atoms with van der Waals surface area (Å²) < 4.78 is 0. The molecule has 1 aliphatic heterocycles. The van der Waals surface area contributed by atoms with Crippen LogP contribution in [0.15, 0.2) is 12.1 Å². The van der Waals surface area contributed by atoms with Crippen molar-refractivity contribution in [1.82, 2.24) is 10.2 Å². The molecule has 1 amide bonds. The van der Waals surface area contributed by atoms with Gasteiger partial charge in [-0.15, -0.1) is 0 Å². The SMILES string of the molecule is CCNCC1CCN(C(=O)c2ccc([N+](=O)[O-])s2)CC1. The van der Waals surface area contributed by atoms with E-state index in [2.05, 4.69) is 12.2 Å². The van der Waals surface area contributed by atoms with Gasteiger partial charge in [-0.2, -0.15) is 0 Å². The van der Waals surface area contributed by atoms with E-state index in [0.29, 0.717) is 10.8 Å². The van der Waals surface area contributed by atoms with Crippen molar-refractivity contribution in [2.24, 2.45) is 5.92 Å². The van der Waals surface area contributed by atoms with Crippen molar-refractivity contribution in [2.45, 2.75) is 19.8 Å². The minimum atomic E-state index is -0.454. The van der Waals surface area contributed by atoms with Crippen LogP contribution in [0.5, 0.6) is 0 Å². The van der Waals surface area contributed by atoms with Gasteiger partial charge in [-0.1, -0.05) is 18.3 Å². The maximum atomic E-state index is 12.3. The molecule has 0 unspecified atom stereocenters. The highest BCUT2D eigenvalue weighted by atomic mass is 32.1. The van der Waals surface area contributed by atoms with Gasteiger partial charge >= 0.3 is 5.00 Å². The van der Waals surface area contributed by atoms with Crippen LogP contribution >= 0.6 is 11.3 Å². The molecule has 1 aromatic rings. The van der Waals surface area contributed by atoms with Crippen molar-refractivity contribution in [3.8, 4) is 0 Å². The van der Waals surface area contributed by atoms with E-state index in [1.807, 2.05) is 0 Å². The fraction of sp³-hybridized carbons (Fsp3) is 0.615. The highest BCUT2D eigenvalue weighted by molar-refractivity contribution is 7.17. The lowest BCUT2D eigenvalue weighted by molar-refractivity contribution is -0.380. The predicted octanol–water partition coefficient (Wildman–Crippen LogP) is 2.12. The highest BCUT2D eigenvalue weighted by Crippen LogP contribution is 2.26. The lowest BCUT2D eigenvalue weighted by Gasteiger charge is -2.31. The molecule has 110 valence electrons. The fourth-order valence-electron chi connectivity index (χ4n) is 2.39. The highest BCUT2D eigenvalue weighted by Gasteiger charge is 2.25. The number of rotatable bonds is 5. The number of nitrogens with zero attached hydrogens (tertiary/aromatic N) is 2. The second-order valence-corrected chi connectivity index (χ2v) is 6.00. The van der Waals surface area contributed by atoms with Gasteiger partial charge in [0.15, 0.2) is 0 Å². The van der Waals surface area contributed by atoms with Gasteiger partial charge in [-0.3, -0.25) is 14.9 Å². The maximum Gasteiger partial charge on any atom is 0.324 e. The summed E-state index contributed by atoms with van der Waals surface area (Å²) in [5.74, 6) is 0.543. The number of thiophene rings is 1. The lowest BCUT2D eigenvalue weighted by atomic mass is 9.96. The molecule has 20 heavy (non-hydrogen) atoms. The van der Waals surface area contributed by atoms with Crippen LogP contribution in [0.25, 0.3) is 0 Å². The summed E-state index contributed by atoms with van der Waals surface area (Å²) in [6, 6.07) is 2.95. The Morgan fingerprint density at radius 3 is 2.75 bits per heavy atom. The lowest BCUT2D eigenvalue weighted by Crippen LogP contribution is -2.40. The van der Waals surface area contributed by atoms with E-state index in [9.17, 15) is 14.9 Å². The van der Waals surface area contributed by atoms with Crippen LogP contribution < -0.4 is 5.32 Å².